The zero-order chi connectivity index (χ0) is 26.1. The van der Waals surface area contributed by atoms with E-state index in [2.05, 4.69) is 33.8 Å². The third-order valence-electron chi connectivity index (χ3n) is 4.76. The molecular formula is C25H43N5O4S. The van der Waals surface area contributed by atoms with Crippen LogP contribution in [0.1, 0.15) is 71.2 Å². The second-order valence-electron chi connectivity index (χ2n) is 8.16. The van der Waals surface area contributed by atoms with Gasteiger partial charge in [0.1, 0.15) is 12.0 Å². The lowest BCUT2D eigenvalue weighted by Crippen LogP contribution is -2.30. The third kappa shape index (κ3) is 12.8. The van der Waals surface area contributed by atoms with E-state index in [4.69, 9.17) is 9.47 Å². The molecule has 2 aromatic rings. The molecule has 0 unspecified atom stereocenters. The van der Waals surface area contributed by atoms with Crippen molar-refractivity contribution in [2.24, 2.45) is 0 Å². The first-order valence-corrected chi connectivity index (χ1v) is 14.4. The van der Waals surface area contributed by atoms with Crippen LogP contribution in [-0.4, -0.2) is 65.8 Å². The smallest absolute Gasteiger partial charge is 0.316 e. The minimum Gasteiger partial charge on any atom is -0.460 e. The Labute approximate surface area is 211 Å². The van der Waals surface area contributed by atoms with E-state index < -0.39 is 9.84 Å². The molecule has 0 saturated carbocycles. The Balaban J connectivity index is 0.000000298. The van der Waals surface area contributed by atoms with Crippen LogP contribution in [0.15, 0.2) is 24.5 Å². The van der Waals surface area contributed by atoms with E-state index >= 15 is 0 Å². The van der Waals surface area contributed by atoms with E-state index in [9.17, 15) is 8.42 Å². The number of hydrogen-bond donors (Lipinski definition) is 0. The van der Waals surface area contributed by atoms with Crippen molar-refractivity contribution in [1.82, 2.24) is 19.9 Å². The fraction of sp³-hybridized carbons (Fsp3) is 0.680. The maximum Gasteiger partial charge on any atom is 0.316 e. The highest BCUT2D eigenvalue weighted by Crippen LogP contribution is 2.15. The minimum absolute atomic E-state index is 0.0381. The standard InChI is InChI=1S/C10H15N3O2S.C10H14N2O2.C3H8.C2H6/c1-9-4-5-11-10(12-9)13-6-2-3-7-16(14,15)8-13;1-8-2-5-11-10(12-8)14-9-3-6-13-7-4-9;1-3-2;1-2/h4-5H,2-3,6-8H2,1H3;2,5,9H,3-4,6-7H2,1H3;3H2,1-2H3;1-2H3. The minimum atomic E-state index is -2.98. The maximum atomic E-state index is 11.6. The van der Waals surface area contributed by atoms with Gasteiger partial charge in [-0.15, -0.1) is 0 Å². The first kappa shape index (κ1) is 30.7. The highest BCUT2D eigenvalue weighted by Gasteiger charge is 2.22. The number of aryl methyl sites for hydroxylation is 2. The van der Waals surface area contributed by atoms with Crippen molar-refractivity contribution in [2.75, 3.05) is 36.3 Å². The Morgan fingerprint density at radius 2 is 1.60 bits per heavy atom. The van der Waals surface area contributed by atoms with Gasteiger partial charge in [-0.2, -0.15) is 0 Å². The number of aromatic nitrogens is 4. The van der Waals surface area contributed by atoms with Crippen LogP contribution in [0.3, 0.4) is 0 Å². The van der Waals surface area contributed by atoms with Gasteiger partial charge in [-0.3, -0.25) is 0 Å². The summed E-state index contributed by atoms with van der Waals surface area (Å²) >= 11 is 0. The monoisotopic (exact) mass is 509 g/mol. The molecule has 0 aliphatic carbocycles. The molecule has 0 bridgehead atoms. The summed E-state index contributed by atoms with van der Waals surface area (Å²) in [5.74, 6) is 0.830. The van der Waals surface area contributed by atoms with E-state index in [-0.39, 0.29) is 17.7 Å². The van der Waals surface area contributed by atoms with Gasteiger partial charge in [0, 0.05) is 43.2 Å². The quantitative estimate of drug-likeness (QED) is 0.589. The van der Waals surface area contributed by atoms with Crippen LogP contribution in [0, 0.1) is 13.8 Å². The summed E-state index contributed by atoms with van der Waals surface area (Å²) < 4.78 is 34.2. The van der Waals surface area contributed by atoms with E-state index in [0.717, 1.165) is 50.3 Å². The van der Waals surface area contributed by atoms with Gasteiger partial charge in [0.2, 0.25) is 5.95 Å². The van der Waals surface area contributed by atoms with Crippen LogP contribution in [0.5, 0.6) is 6.01 Å². The SMILES string of the molecule is CC.CCC.Cc1ccnc(N2CCCCS(=O)(=O)C2)n1.Cc1ccnc(OC2CCOCC2)n1. The highest BCUT2D eigenvalue weighted by molar-refractivity contribution is 7.91. The Bertz CT molecular complexity index is 937. The number of ether oxygens (including phenoxy) is 2. The Hall–Kier alpha value is -2.33. The van der Waals surface area contributed by atoms with Gasteiger partial charge >= 0.3 is 6.01 Å². The lowest BCUT2D eigenvalue weighted by molar-refractivity contribution is 0.0216. The van der Waals surface area contributed by atoms with Crippen LogP contribution in [0.4, 0.5) is 5.95 Å². The van der Waals surface area contributed by atoms with Crippen LogP contribution in [0.2, 0.25) is 0 Å². The molecule has 0 N–H and O–H groups in total. The molecule has 10 heteroatoms. The molecule has 0 amide bonds. The topological polar surface area (TPSA) is 107 Å². The first-order chi connectivity index (χ1) is 16.8. The second kappa shape index (κ2) is 17.2. The zero-order valence-electron chi connectivity index (χ0n) is 22.2. The largest absolute Gasteiger partial charge is 0.460 e. The lowest BCUT2D eigenvalue weighted by Gasteiger charge is -2.21. The summed E-state index contributed by atoms with van der Waals surface area (Å²) in [6, 6.07) is 4.14. The normalized spacial score (nSPS) is 17.3. The average Bonchev–Trinajstić information content (AvgIpc) is 3.02. The summed E-state index contributed by atoms with van der Waals surface area (Å²) in [5.41, 5.74) is 1.79. The molecule has 4 heterocycles. The molecule has 2 aliphatic heterocycles. The van der Waals surface area contributed by atoms with Crippen LogP contribution < -0.4 is 9.64 Å². The van der Waals surface area contributed by atoms with Gasteiger partial charge in [-0.1, -0.05) is 34.1 Å². The van der Waals surface area contributed by atoms with Gasteiger partial charge in [0.15, 0.2) is 9.84 Å². The Kier molecular flexibility index (Phi) is 15.0. The molecule has 9 nitrogen and oxygen atoms in total. The molecule has 35 heavy (non-hydrogen) atoms. The van der Waals surface area contributed by atoms with Crippen LogP contribution >= 0.6 is 0 Å². The molecule has 2 aliphatic rings. The lowest BCUT2D eigenvalue weighted by atomic mass is 10.2. The first-order valence-electron chi connectivity index (χ1n) is 12.6. The van der Waals surface area contributed by atoms with Crippen molar-refractivity contribution in [3.63, 3.8) is 0 Å². The molecule has 4 rings (SSSR count). The fourth-order valence-electron chi connectivity index (χ4n) is 3.16. The summed E-state index contributed by atoms with van der Waals surface area (Å²) in [6.07, 6.45) is 8.30. The van der Waals surface area contributed by atoms with Gasteiger partial charge in [0.05, 0.1) is 19.0 Å². The van der Waals surface area contributed by atoms with Crippen LogP contribution in [-0.2, 0) is 14.6 Å². The predicted octanol–water partition coefficient (Wildman–Crippen LogP) is 4.54. The number of rotatable bonds is 3. The summed E-state index contributed by atoms with van der Waals surface area (Å²) in [6.45, 7) is 14.3. The third-order valence-corrected chi connectivity index (χ3v) is 6.38. The summed E-state index contributed by atoms with van der Waals surface area (Å²) in [7, 11) is -2.98. The highest BCUT2D eigenvalue weighted by atomic mass is 32.2. The molecule has 2 fully saturated rings. The van der Waals surface area contributed by atoms with Crippen molar-refractivity contribution in [3.8, 4) is 6.01 Å². The zero-order valence-corrected chi connectivity index (χ0v) is 23.1. The molecule has 198 valence electrons. The van der Waals surface area contributed by atoms with E-state index in [1.54, 1.807) is 23.4 Å². The van der Waals surface area contributed by atoms with Gasteiger partial charge < -0.3 is 14.4 Å². The number of hydrogen-bond acceptors (Lipinski definition) is 9. The molecular weight excluding hydrogens is 466 g/mol. The Morgan fingerprint density at radius 3 is 2.20 bits per heavy atom. The second-order valence-corrected chi connectivity index (χ2v) is 10.3. The molecule has 2 aromatic heterocycles. The van der Waals surface area contributed by atoms with E-state index in [0.29, 0.717) is 18.5 Å². The fourth-order valence-corrected chi connectivity index (χ4v) is 4.65. The summed E-state index contributed by atoms with van der Waals surface area (Å²) in [5, 5.41) is 0. The van der Waals surface area contributed by atoms with Gasteiger partial charge in [-0.05, 0) is 38.8 Å². The number of nitrogens with zero attached hydrogens (tertiary/aromatic N) is 5. The maximum absolute atomic E-state index is 11.6. The van der Waals surface area contributed by atoms with Crippen LogP contribution in [0.25, 0.3) is 0 Å². The number of sulfone groups is 1. The van der Waals surface area contributed by atoms with Crippen molar-refractivity contribution in [2.45, 2.75) is 79.8 Å². The van der Waals surface area contributed by atoms with Crippen molar-refractivity contribution < 1.29 is 17.9 Å². The molecule has 0 spiro atoms. The average molecular weight is 510 g/mol. The van der Waals surface area contributed by atoms with Crippen molar-refractivity contribution in [1.29, 1.82) is 0 Å². The van der Waals surface area contributed by atoms with E-state index in [1.807, 2.05) is 33.8 Å². The Morgan fingerprint density at radius 1 is 1.00 bits per heavy atom. The van der Waals surface area contributed by atoms with Crippen molar-refractivity contribution in [3.05, 3.63) is 35.9 Å². The summed E-state index contributed by atoms with van der Waals surface area (Å²) in [4.78, 5) is 18.4. The van der Waals surface area contributed by atoms with Gasteiger partial charge in [-0.25, -0.2) is 28.4 Å². The molecule has 0 aromatic carbocycles. The van der Waals surface area contributed by atoms with Crippen molar-refractivity contribution >= 4 is 15.8 Å². The molecule has 0 atom stereocenters. The predicted molar refractivity (Wildman–Crippen MR) is 141 cm³/mol. The molecule has 2 saturated heterocycles. The van der Waals surface area contributed by atoms with Gasteiger partial charge in [0.25, 0.3) is 0 Å². The molecule has 0 radical (unpaired) electrons. The number of anilines is 1. The van der Waals surface area contributed by atoms with E-state index in [1.165, 1.54) is 6.42 Å².